The summed E-state index contributed by atoms with van der Waals surface area (Å²) in [4.78, 5) is 2.41. The molecule has 0 saturated carbocycles. The molecule has 0 spiro atoms. The predicted molar refractivity (Wildman–Crippen MR) is 79.6 cm³/mol. The summed E-state index contributed by atoms with van der Waals surface area (Å²) < 4.78 is 6.52. The molecule has 2 N–H and O–H groups in total. The molecule has 0 radical (unpaired) electrons. The van der Waals surface area contributed by atoms with E-state index >= 15 is 0 Å². The molecule has 2 rings (SSSR count). The number of piperazine rings is 1. The Morgan fingerprint density at radius 1 is 1.42 bits per heavy atom. The van der Waals surface area contributed by atoms with E-state index in [4.69, 9.17) is 4.74 Å². The number of benzene rings is 1. The fourth-order valence-corrected chi connectivity index (χ4v) is 3.00. The summed E-state index contributed by atoms with van der Waals surface area (Å²) in [5.74, 6) is 0.889. The maximum atomic E-state index is 9.37. The molecule has 4 nitrogen and oxygen atoms in total. The molecular formula is C14H21BrN2O2. The Labute approximate surface area is 122 Å². The van der Waals surface area contributed by atoms with Crippen LogP contribution < -0.4 is 10.1 Å². The molecule has 19 heavy (non-hydrogen) atoms. The third-order valence-electron chi connectivity index (χ3n) is 3.55. The Morgan fingerprint density at radius 2 is 2.16 bits per heavy atom. The molecule has 1 saturated heterocycles. The monoisotopic (exact) mass is 328 g/mol. The molecule has 1 atom stereocenters. The fourth-order valence-electron chi connectivity index (χ4n) is 2.62. The smallest absolute Gasteiger partial charge is 0.123 e. The van der Waals surface area contributed by atoms with Gasteiger partial charge in [0.25, 0.3) is 0 Å². The highest BCUT2D eigenvalue weighted by molar-refractivity contribution is 9.10. The Hall–Kier alpha value is -0.620. The molecule has 1 aliphatic heterocycles. The lowest BCUT2D eigenvalue weighted by Gasteiger charge is -2.35. The van der Waals surface area contributed by atoms with Crippen molar-refractivity contribution >= 4 is 15.9 Å². The minimum absolute atomic E-state index is 0.185. The molecular weight excluding hydrogens is 308 g/mol. The van der Waals surface area contributed by atoms with Gasteiger partial charge in [-0.3, -0.25) is 4.90 Å². The van der Waals surface area contributed by atoms with Gasteiger partial charge in [-0.05, 0) is 24.6 Å². The summed E-state index contributed by atoms with van der Waals surface area (Å²) in [6.07, 6.45) is 0.729. The van der Waals surface area contributed by atoms with Gasteiger partial charge in [0.2, 0.25) is 0 Å². The molecule has 0 unspecified atom stereocenters. The summed E-state index contributed by atoms with van der Waals surface area (Å²) in [5, 5.41) is 12.7. The Morgan fingerprint density at radius 3 is 2.79 bits per heavy atom. The van der Waals surface area contributed by atoms with Crippen molar-refractivity contribution in [1.82, 2.24) is 10.2 Å². The zero-order valence-electron chi connectivity index (χ0n) is 11.2. The van der Waals surface area contributed by atoms with Crippen molar-refractivity contribution in [3.63, 3.8) is 0 Å². The highest BCUT2D eigenvalue weighted by Crippen LogP contribution is 2.34. The Kier molecular flexibility index (Phi) is 5.63. The van der Waals surface area contributed by atoms with Crippen LogP contribution in [0.15, 0.2) is 22.7 Å². The number of aliphatic hydroxyl groups excluding tert-OH is 1. The van der Waals surface area contributed by atoms with E-state index in [1.54, 1.807) is 7.11 Å². The van der Waals surface area contributed by atoms with Gasteiger partial charge in [-0.15, -0.1) is 0 Å². The van der Waals surface area contributed by atoms with Crippen molar-refractivity contribution in [3.05, 3.63) is 28.2 Å². The SMILES string of the molecule is COc1ccc(Br)cc1[C@@H](CCO)N1CCNCC1. The second-order valence-corrected chi connectivity index (χ2v) is 5.62. The molecule has 1 fully saturated rings. The van der Waals surface area contributed by atoms with Crippen molar-refractivity contribution in [1.29, 1.82) is 0 Å². The van der Waals surface area contributed by atoms with Gasteiger partial charge in [0.05, 0.1) is 7.11 Å². The molecule has 1 aromatic rings. The van der Waals surface area contributed by atoms with E-state index in [0.29, 0.717) is 0 Å². The molecule has 106 valence electrons. The van der Waals surface area contributed by atoms with Crippen molar-refractivity contribution < 1.29 is 9.84 Å². The summed E-state index contributed by atoms with van der Waals surface area (Å²) in [5.41, 5.74) is 1.15. The van der Waals surface area contributed by atoms with E-state index in [-0.39, 0.29) is 12.6 Å². The quantitative estimate of drug-likeness (QED) is 0.865. The van der Waals surface area contributed by atoms with E-state index in [2.05, 4.69) is 32.2 Å². The standard InChI is InChI=1S/C14H21BrN2O2/c1-19-14-3-2-11(15)10-12(14)13(4-9-18)17-7-5-16-6-8-17/h2-3,10,13,16,18H,4-9H2,1H3/t13-/m1/s1. The molecule has 1 heterocycles. The Balaban J connectivity index is 2.28. The van der Waals surface area contributed by atoms with Gasteiger partial charge in [0.15, 0.2) is 0 Å². The summed E-state index contributed by atoms with van der Waals surface area (Å²) in [6, 6.07) is 6.27. The number of halogens is 1. The lowest BCUT2D eigenvalue weighted by atomic mass is 10.0. The Bertz CT molecular complexity index is 408. The van der Waals surface area contributed by atoms with Gasteiger partial charge in [-0.1, -0.05) is 15.9 Å². The van der Waals surface area contributed by atoms with Crippen molar-refractivity contribution in [2.75, 3.05) is 39.9 Å². The maximum absolute atomic E-state index is 9.37. The zero-order chi connectivity index (χ0) is 13.7. The number of nitrogens with one attached hydrogen (secondary N) is 1. The van der Waals surface area contributed by atoms with E-state index in [1.807, 2.05) is 12.1 Å². The third kappa shape index (κ3) is 3.69. The van der Waals surface area contributed by atoms with Crippen LogP contribution in [0, 0.1) is 0 Å². The fraction of sp³-hybridized carbons (Fsp3) is 0.571. The van der Waals surface area contributed by atoms with Gasteiger partial charge < -0.3 is 15.2 Å². The minimum atomic E-state index is 0.185. The molecule has 0 aliphatic carbocycles. The molecule has 5 heteroatoms. The minimum Gasteiger partial charge on any atom is -0.496 e. The first kappa shape index (κ1) is 14.8. The van der Waals surface area contributed by atoms with Crippen LogP contribution in [0.25, 0.3) is 0 Å². The lowest BCUT2D eigenvalue weighted by molar-refractivity contribution is 0.139. The van der Waals surface area contributed by atoms with Crippen LogP contribution in [0.1, 0.15) is 18.0 Å². The van der Waals surface area contributed by atoms with Crippen molar-refractivity contribution in [2.45, 2.75) is 12.5 Å². The first-order chi connectivity index (χ1) is 9.26. The first-order valence-electron chi connectivity index (χ1n) is 6.65. The average molecular weight is 329 g/mol. The predicted octanol–water partition coefficient (Wildman–Crippen LogP) is 1.79. The number of methoxy groups -OCH3 is 1. The van der Waals surface area contributed by atoms with Gasteiger partial charge in [-0.2, -0.15) is 0 Å². The van der Waals surface area contributed by atoms with Crippen LogP contribution in [-0.4, -0.2) is 49.9 Å². The largest absolute Gasteiger partial charge is 0.496 e. The van der Waals surface area contributed by atoms with E-state index in [1.165, 1.54) is 0 Å². The molecule has 1 aliphatic rings. The number of nitrogens with zero attached hydrogens (tertiary/aromatic N) is 1. The second kappa shape index (κ2) is 7.24. The van der Waals surface area contributed by atoms with Gasteiger partial charge in [0.1, 0.15) is 5.75 Å². The summed E-state index contributed by atoms with van der Waals surface area (Å²) in [6.45, 7) is 4.18. The second-order valence-electron chi connectivity index (χ2n) is 4.70. The van der Waals surface area contributed by atoms with Gasteiger partial charge in [-0.25, -0.2) is 0 Å². The number of aliphatic hydroxyl groups is 1. The van der Waals surface area contributed by atoms with Gasteiger partial charge >= 0.3 is 0 Å². The summed E-state index contributed by atoms with van der Waals surface area (Å²) >= 11 is 3.52. The van der Waals surface area contributed by atoms with Gasteiger partial charge in [0, 0.05) is 48.9 Å². The van der Waals surface area contributed by atoms with Crippen LogP contribution in [-0.2, 0) is 0 Å². The number of hydrogen-bond acceptors (Lipinski definition) is 4. The first-order valence-corrected chi connectivity index (χ1v) is 7.44. The number of ether oxygens (including phenoxy) is 1. The van der Waals surface area contributed by atoms with Crippen molar-refractivity contribution in [3.8, 4) is 5.75 Å². The number of rotatable bonds is 5. The lowest BCUT2D eigenvalue weighted by Crippen LogP contribution is -2.45. The van der Waals surface area contributed by atoms with E-state index in [9.17, 15) is 5.11 Å². The van der Waals surface area contributed by atoms with Crippen molar-refractivity contribution in [2.24, 2.45) is 0 Å². The molecule has 0 aromatic heterocycles. The van der Waals surface area contributed by atoms with Crippen LogP contribution in [0.5, 0.6) is 5.75 Å². The third-order valence-corrected chi connectivity index (χ3v) is 4.04. The van der Waals surface area contributed by atoms with Crippen LogP contribution in [0.2, 0.25) is 0 Å². The highest BCUT2D eigenvalue weighted by Gasteiger charge is 2.24. The van der Waals surface area contributed by atoms with Crippen LogP contribution >= 0.6 is 15.9 Å². The summed E-state index contributed by atoms with van der Waals surface area (Å²) in [7, 11) is 1.69. The molecule has 1 aromatic carbocycles. The number of hydrogen-bond donors (Lipinski definition) is 2. The normalized spacial score (nSPS) is 18.3. The highest BCUT2D eigenvalue weighted by atomic mass is 79.9. The average Bonchev–Trinajstić information content (AvgIpc) is 2.45. The zero-order valence-corrected chi connectivity index (χ0v) is 12.8. The molecule has 0 amide bonds. The van der Waals surface area contributed by atoms with Crippen LogP contribution in [0.4, 0.5) is 0 Å². The maximum Gasteiger partial charge on any atom is 0.123 e. The topological polar surface area (TPSA) is 44.7 Å². The van der Waals surface area contributed by atoms with Crippen LogP contribution in [0.3, 0.4) is 0 Å². The van der Waals surface area contributed by atoms with E-state index < -0.39 is 0 Å². The van der Waals surface area contributed by atoms with E-state index in [0.717, 1.165) is 48.4 Å². The molecule has 0 bridgehead atoms.